The number of amides is 2. The van der Waals surface area contributed by atoms with Crippen LogP contribution in [0.4, 0.5) is 5.69 Å². The maximum absolute atomic E-state index is 13.0. The highest BCUT2D eigenvalue weighted by molar-refractivity contribution is 8.01. The van der Waals surface area contributed by atoms with Crippen LogP contribution in [-0.2, 0) is 4.79 Å². The number of nitrogens with one attached hydrogen (secondary N) is 2. The lowest BCUT2D eigenvalue weighted by atomic mass is 10.1. The molecule has 10 heteroatoms. The molecule has 1 heterocycles. The molecular weight excluding hydrogens is 522 g/mol. The fraction of sp³-hybridized carbons (Fsp3) is 0.250. The summed E-state index contributed by atoms with van der Waals surface area (Å²) in [4.78, 5) is 30.1. The van der Waals surface area contributed by atoms with Gasteiger partial charge in [-0.3, -0.25) is 9.59 Å². The second kappa shape index (κ2) is 12.2. The number of nitrogens with zero attached hydrogens (tertiary/aromatic N) is 1. The second-order valence-electron chi connectivity index (χ2n) is 8.44. The average Bonchev–Trinajstić information content (AvgIpc) is 3.34. The summed E-state index contributed by atoms with van der Waals surface area (Å²) in [6, 6.07) is 16.5. The molecule has 0 aliphatic heterocycles. The monoisotopic (exact) mass is 551 g/mol. The Bertz CT molecular complexity index is 1450. The van der Waals surface area contributed by atoms with Crippen LogP contribution in [0.25, 0.3) is 10.2 Å². The van der Waals surface area contributed by atoms with Crippen molar-refractivity contribution in [3.05, 3.63) is 71.3 Å². The van der Waals surface area contributed by atoms with Gasteiger partial charge >= 0.3 is 0 Å². The summed E-state index contributed by atoms with van der Waals surface area (Å²) in [5, 5.41) is 5.95. The van der Waals surface area contributed by atoms with Crippen molar-refractivity contribution in [3.8, 4) is 17.2 Å². The standard InChI is InChI=1S/C28H29N3O5S2/c1-16-23(35-4)13-11-21(26(16)36-5)27(33)30-19-8-12-22-24(14-19)38-28(31-22)37-15-25(32)29-17(2)18-6-9-20(34-3)10-7-18/h6-14,17H,15H2,1-5H3,(H,29,32)(H,30,33)/t17-/m0/s1. The molecular formula is C28H29N3O5S2. The smallest absolute Gasteiger partial charge is 0.259 e. The number of carbonyl (C=O) groups excluding carboxylic acids is 2. The Hall–Kier alpha value is -3.76. The third-order valence-corrected chi connectivity index (χ3v) is 8.13. The van der Waals surface area contributed by atoms with E-state index in [4.69, 9.17) is 14.2 Å². The van der Waals surface area contributed by atoms with Crippen molar-refractivity contribution in [2.45, 2.75) is 24.2 Å². The number of anilines is 1. The fourth-order valence-corrected chi connectivity index (χ4v) is 5.88. The lowest BCUT2D eigenvalue weighted by molar-refractivity contribution is -0.119. The van der Waals surface area contributed by atoms with Crippen LogP contribution in [0, 0.1) is 6.92 Å². The zero-order valence-corrected chi connectivity index (χ0v) is 23.4. The normalized spacial score (nSPS) is 11.6. The van der Waals surface area contributed by atoms with Crippen LogP contribution in [-0.4, -0.2) is 43.9 Å². The summed E-state index contributed by atoms with van der Waals surface area (Å²) < 4.78 is 17.7. The number of benzene rings is 3. The molecule has 38 heavy (non-hydrogen) atoms. The number of methoxy groups -OCH3 is 3. The first-order valence-corrected chi connectivity index (χ1v) is 13.6. The van der Waals surface area contributed by atoms with E-state index in [-0.39, 0.29) is 23.6 Å². The van der Waals surface area contributed by atoms with Crippen molar-refractivity contribution in [1.29, 1.82) is 0 Å². The van der Waals surface area contributed by atoms with Crippen LogP contribution < -0.4 is 24.8 Å². The number of aromatic nitrogens is 1. The molecule has 3 aromatic carbocycles. The van der Waals surface area contributed by atoms with E-state index in [1.807, 2.05) is 50.2 Å². The van der Waals surface area contributed by atoms with Gasteiger partial charge in [-0.2, -0.15) is 0 Å². The lowest BCUT2D eigenvalue weighted by Gasteiger charge is -2.14. The Morgan fingerprint density at radius 1 is 1.00 bits per heavy atom. The lowest BCUT2D eigenvalue weighted by Crippen LogP contribution is -2.28. The van der Waals surface area contributed by atoms with Gasteiger partial charge in [0.25, 0.3) is 5.91 Å². The number of hydrogen-bond donors (Lipinski definition) is 2. The third kappa shape index (κ3) is 6.20. The number of fused-ring (bicyclic) bond motifs is 1. The van der Waals surface area contributed by atoms with Crippen LogP contribution in [0.5, 0.6) is 17.2 Å². The van der Waals surface area contributed by atoms with Gasteiger partial charge in [-0.1, -0.05) is 23.9 Å². The zero-order chi connectivity index (χ0) is 27.2. The van der Waals surface area contributed by atoms with Gasteiger partial charge in [0.1, 0.15) is 17.2 Å². The van der Waals surface area contributed by atoms with Gasteiger partial charge < -0.3 is 24.8 Å². The molecule has 0 aliphatic carbocycles. The quantitative estimate of drug-likeness (QED) is 0.239. The van der Waals surface area contributed by atoms with Crippen LogP contribution in [0.15, 0.2) is 58.9 Å². The molecule has 4 aromatic rings. The van der Waals surface area contributed by atoms with Gasteiger partial charge in [0, 0.05) is 11.3 Å². The Labute approximate surface area is 229 Å². The topological polar surface area (TPSA) is 98.8 Å². The highest BCUT2D eigenvalue weighted by atomic mass is 32.2. The first kappa shape index (κ1) is 27.3. The molecule has 0 radical (unpaired) electrons. The van der Waals surface area contributed by atoms with Gasteiger partial charge in [-0.25, -0.2) is 4.98 Å². The van der Waals surface area contributed by atoms with Gasteiger partial charge in [0.15, 0.2) is 4.34 Å². The minimum Gasteiger partial charge on any atom is -0.497 e. The Morgan fingerprint density at radius 3 is 2.45 bits per heavy atom. The van der Waals surface area contributed by atoms with Crippen molar-refractivity contribution >= 4 is 50.8 Å². The maximum atomic E-state index is 13.0. The molecule has 8 nitrogen and oxygen atoms in total. The molecule has 0 fully saturated rings. The molecule has 0 saturated carbocycles. The van der Waals surface area contributed by atoms with Gasteiger partial charge in [0.05, 0.1) is 48.9 Å². The average molecular weight is 552 g/mol. The second-order valence-corrected chi connectivity index (χ2v) is 10.7. The van der Waals surface area contributed by atoms with Crippen molar-refractivity contribution < 1.29 is 23.8 Å². The van der Waals surface area contributed by atoms with E-state index in [1.54, 1.807) is 32.4 Å². The van der Waals surface area contributed by atoms with E-state index in [0.717, 1.165) is 31.4 Å². The highest BCUT2D eigenvalue weighted by Gasteiger charge is 2.18. The SMILES string of the molecule is COc1ccc([C@H](C)NC(=O)CSc2nc3ccc(NC(=O)c4ccc(OC)c(C)c4OC)cc3s2)cc1. The van der Waals surface area contributed by atoms with Crippen LogP contribution in [0.3, 0.4) is 0 Å². The Kier molecular flexibility index (Phi) is 8.75. The molecule has 0 spiro atoms. The number of thiazole rings is 1. The molecule has 2 amide bonds. The van der Waals surface area contributed by atoms with E-state index >= 15 is 0 Å². The van der Waals surface area contributed by atoms with E-state index in [1.165, 1.54) is 30.2 Å². The molecule has 0 aliphatic rings. The first-order valence-electron chi connectivity index (χ1n) is 11.8. The highest BCUT2D eigenvalue weighted by Crippen LogP contribution is 2.34. The van der Waals surface area contributed by atoms with Gasteiger partial charge in [-0.15, -0.1) is 11.3 Å². The molecule has 198 valence electrons. The molecule has 1 aromatic heterocycles. The fourth-order valence-electron chi connectivity index (χ4n) is 3.96. The van der Waals surface area contributed by atoms with Gasteiger partial charge in [-0.05, 0) is 61.9 Å². The maximum Gasteiger partial charge on any atom is 0.259 e. The van der Waals surface area contributed by atoms with Gasteiger partial charge in [0.2, 0.25) is 5.91 Å². The number of carbonyl (C=O) groups is 2. The summed E-state index contributed by atoms with van der Waals surface area (Å²) in [7, 11) is 4.73. The zero-order valence-electron chi connectivity index (χ0n) is 21.8. The molecule has 0 saturated heterocycles. The molecule has 1 atom stereocenters. The van der Waals surface area contributed by atoms with Crippen LogP contribution in [0.1, 0.15) is 34.5 Å². The third-order valence-electron chi connectivity index (χ3n) is 5.97. The molecule has 0 bridgehead atoms. The molecule has 2 N–H and O–H groups in total. The van der Waals surface area contributed by atoms with Crippen molar-refractivity contribution in [2.24, 2.45) is 0 Å². The Morgan fingerprint density at radius 2 is 1.76 bits per heavy atom. The summed E-state index contributed by atoms with van der Waals surface area (Å²) in [5.74, 6) is 1.79. The Balaban J connectivity index is 1.38. The molecule has 4 rings (SSSR count). The van der Waals surface area contributed by atoms with Crippen molar-refractivity contribution in [1.82, 2.24) is 10.3 Å². The number of ether oxygens (including phenoxy) is 3. The predicted octanol–water partition coefficient (Wildman–Crippen LogP) is 5.85. The number of rotatable bonds is 10. The first-order chi connectivity index (χ1) is 18.3. The van der Waals surface area contributed by atoms with E-state index in [2.05, 4.69) is 15.6 Å². The number of thioether (sulfide) groups is 1. The minimum absolute atomic E-state index is 0.0748. The summed E-state index contributed by atoms with van der Waals surface area (Å²) in [5.41, 5.74) is 3.62. The largest absolute Gasteiger partial charge is 0.497 e. The van der Waals surface area contributed by atoms with Crippen molar-refractivity contribution in [3.63, 3.8) is 0 Å². The van der Waals surface area contributed by atoms with E-state index in [0.29, 0.717) is 22.7 Å². The summed E-state index contributed by atoms with van der Waals surface area (Å²) in [6.07, 6.45) is 0. The van der Waals surface area contributed by atoms with E-state index < -0.39 is 0 Å². The minimum atomic E-state index is -0.284. The van der Waals surface area contributed by atoms with E-state index in [9.17, 15) is 9.59 Å². The van der Waals surface area contributed by atoms with Crippen LogP contribution in [0.2, 0.25) is 0 Å². The predicted molar refractivity (Wildman–Crippen MR) is 152 cm³/mol. The number of hydrogen-bond acceptors (Lipinski definition) is 8. The summed E-state index contributed by atoms with van der Waals surface area (Å²) >= 11 is 2.86. The van der Waals surface area contributed by atoms with Crippen LogP contribution >= 0.6 is 23.1 Å². The van der Waals surface area contributed by atoms with Crippen molar-refractivity contribution in [2.75, 3.05) is 32.4 Å². The molecule has 0 unspecified atom stereocenters. The summed E-state index contributed by atoms with van der Waals surface area (Å²) in [6.45, 7) is 3.79.